The van der Waals surface area contributed by atoms with Crippen molar-refractivity contribution in [1.82, 2.24) is 15.8 Å². The van der Waals surface area contributed by atoms with Crippen molar-refractivity contribution < 1.29 is 19.2 Å². The highest BCUT2D eigenvalue weighted by molar-refractivity contribution is 5.76. The van der Waals surface area contributed by atoms with Crippen LogP contribution < -0.4 is 10.6 Å². The molecule has 1 heterocycles. The summed E-state index contributed by atoms with van der Waals surface area (Å²) in [6.45, 7) is 7.02. The van der Waals surface area contributed by atoms with Gasteiger partial charge in [0.25, 0.3) is 0 Å². The number of amides is 2. The third kappa shape index (κ3) is 4.27. The number of aromatic nitrogens is 1. The predicted molar refractivity (Wildman–Crippen MR) is 67.8 cm³/mol. The maximum Gasteiger partial charge on any atom is 0.315 e. The SMILES string of the molecule is Cc1noc(C)c1C(C)NC(=O)NC(C)CC(=O)O. The number of aryl methyl sites for hydroxylation is 2. The van der Waals surface area contributed by atoms with E-state index in [9.17, 15) is 9.59 Å². The van der Waals surface area contributed by atoms with Crippen LogP contribution in [0.15, 0.2) is 4.52 Å². The molecule has 0 radical (unpaired) electrons. The molecule has 0 aromatic carbocycles. The van der Waals surface area contributed by atoms with Crippen molar-refractivity contribution in [3.63, 3.8) is 0 Å². The smallest absolute Gasteiger partial charge is 0.315 e. The van der Waals surface area contributed by atoms with Gasteiger partial charge in [-0.3, -0.25) is 4.79 Å². The number of carbonyl (C=O) groups is 2. The molecule has 2 amide bonds. The molecule has 2 atom stereocenters. The third-order valence-electron chi connectivity index (χ3n) is 2.73. The van der Waals surface area contributed by atoms with Gasteiger partial charge in [0.2, 0.25) is 0 Å². The molecule has 1 aromatic rings. The van der Waals surface area contributed by atoms with Crippen molar-refractivity contribution in [2.75, 3.05) is 0 Å². The van der Waals surface area contributed by atoms with Crippen molar-refractivity contribution in [3.05, 3.63) is 17.0 Å². The number of aliphatic carboxylic acids is 1. The summed E-state index contributed by atoms with van der Waals surface area (Å²) in [7, 11) is 0. The first kappa shape index (κ1) is 15.0. The topological polar surface area (TPSA) is 104 Å². The number of nitrogens with zero attached hydrogens (tertiary/aromatic N) is 1. The molecule has 0 aliphatic heterocycles. The van der Waals surface area contributed by atoms with Crippen molar-refractivity contribution in [1.29, 1.82) is 0 Å². The lowest BCUT2D eigenvalue weighted by atomic mass is 10.1. The summed E-state index contributed by atoms with van der Waals surface area (Å²) < 4.78 is 5.03. The summed E-state index contributed by atoms with van der Waals surface area (Å²) in [6.07, 6.45) is -0.118. The van der Waals surface area contributed by atoms with Gasteiger partial charge in [-0.15, -0.1) is 0 Å². The highest BCUT2D eigenvalue weighted by atomic mass is 16.5. The maximum absolute atomic E-state index is 11.7. The number of carboxylic acids is 1. The Kier molecular flexibility index (Phi) is 4.91. The number of carbonyl (C=O) groups excluding carboxylic acids is 1. The van der Waals surface area contributed by atoms with Crippen LogP contribution >= 0.6 is 0 Å². The van der Waals surface area contributed by atoms with Gasteiger partial charge < -0.3 is 20.3 Å². The van der Waals surface area contributed by atoms with Gasteiger partial charge in [0.05, 0.1) is 18.2 Å². The van der Waals surface area contributed by atoms with Crippen LogP contribution in [0.1, 0.15) is 43.3 Å². The standard InChI is InChI=1S/C12H19N3O4/c1-6(5-10(16)17)13-12(18)14-7(2)11-8(3)15-19-9(11)4/h6-7H,5H2,1-4H3,(H,16,17)(H2,13,14,18). The molecule has 106 valence electrons. The second kappa shape index (κ2) is 6.21. The summed E-state index contributed by atoms with van der Waals surface area (Å²) in [5.41, 5.74) is 1.56. The summed E-state index contributed by atoms with van der Waals surface area (Å²) in [6, 6.07) is -1.11. The first-order valence-electron chi connectivity index (χ1n) is 6.02. The minimum absolute atomic E-state index is 0.118. The number of hydrogen-bond acceptors (Lipinski definition) is 4. The fourth-order valence-electron chi connectivity index (χ4n) is 1.96. The van der Waals surface area contributed by atoms with Crippen LogP contribution in [0.2, 0.25) is 0 Å². The van der Waals surface area contributed by atoms with E-state index < -0.39 is 18.0 Å². The van der Waals surface area contributed by atoms with Gasteiger partial charge in [0, 0.05) is 11.6 Å². The summed E-state index contributed by atoms with van der Waals surface area (Å²) in [5, 5.41) is 17.7. The molecule has 1 aromatic heterocycles. The number of nitrogens with one attached hydrogen (secondary N) is 2. The first-order valence-corrected chi connectivity index (χ1v) is 6.02. The number of hydrogen-bond donors (Lipinski definition) is 3. The Hall–Kier alpha value is -2.05. The monoisotopic (exact) mass is 269 g/mol. The summed E-state index contributed by atoms with van der Waals surface area (Å²) in [5.74, 6) is -0.296. The van der Waals surface area contributed by atoms with Gasteiger partial charge in [-0.05, 0) is 27.7 Å². The molecular formula is C12H19N3O4. The predicted octanol–water partition coefficient (Wildman–Crippen LogP) is 1.51. The van der Waals surface area contributed by atoms with E-state index in [0.717, 1.165) is 11.3 Å². The Morgan fingerprint density at radius 2 is 1.95 bits per heavy atom. The Morgan fingerprint density at radius 3 is 2.42 bits per heavy atom. The van der Waals surface area contributed by atoms with Gasteiger partial charge in [-0.2, -0.15) is 0 Å². The van der Waals surface area contributed by atoms with Gasteiger partial charge in [0.1, 0.15) is 5.76 Å². The van der Waals surface area contributed by atoms with E-state index in [1.165, 1.54) is 0 Å². The second-order valence-corrected chi connectivity index (χ2v) is 4.58. The molecular weight excluding hydrogens is 250 g/mol. The summed E-state index contributed by atoms with van der Waals surface area (Å²) in [4.78, 5) is 22.2. The van der Waals surface area contributed by atoms with Gasteiger partial charge in [0.15, 0.2) is 0 Å². The first-order chi connectivity index (χ1) is 8.81. The molecule has 0 bridgehead atoms. The zero-order valence-corrected chi connectivity index (χ0v) is 11.5. The largest absolute Gasteiger partial charge is 0.481 e. The Labute approximate surface area is 111 Å². The summed E-state index contributed by atoms with van der Waals surface area (Å²) >= 11 is 0. The van der Waals surface area contributed by atoms with E-state index in [-0.39, 0.29) is 12.5 Å². The normalized spacial score (nSPS) is 13.7. The molecule has 0 saturated carbocycles. The van der Waals surface area contributed by atoms with Crippen molar-refractivity contribution in [2.45, 2.75) is 46.2 Å². The number of carboxylic acid groups (broad SMARTS) is 1. The fourth-order valence-corrected chi connectivity index (χ4v) is 1.96. The van der Waals surface area contributed by atoms with E-state index in [1.54, 1.807) is 20.8 Å². The lowest BCUT2D eigenvalue weighted by Gasteiger charge is -2.17. The Bertz CT molecular complexity index is 450. The lowest BCUT2D eigenvalue weighted by Crippen LogP contribution is -2.42. The zero-order chi connectivity index (χ0) is 14.6. The number of urea groups is 1. The van der Waals surface area contributed by atoms with Gasteiger partial charge >= 0.3 is 12.0 Å². The highest BCUT2D eigenvalue weighted by Crippen LogP contribution is 2.20. The molecule has 0 aliphatic rings. The van der Waals surface area contributed by atoms with Crippen LogP contribution in [-0.4, -0.2) is 28.3 Å². The van der Waals surface area contributed by atoms with Gasteiger partial charge in [-0.25, -0.2) is 4.79 Å². The van der Waals surface area contributed by atoms with E-state index in [0.29, 0.717) is 5.76 Å². The van der Waals surface area contributed by atoms with Crippen LogP contribution in [0.5, 0.6) is 0 Å². The fraction of sp³-hybridized carbons (Fsp3) is 0.583. The van der Waals surface area contributed by atoms with Crippen LogP contribution in [0, 0.1) is 13.8 Å². The molecule has 7 nitrogen and oxygen atoms in total. The van der Waals surface area contributed by atoms with Gasteiger partial charge in [-0.1, -0.05) is 5.16 Å². The average molecular weight is 269 g/mol. The average Bonchev–Trinajstić information content (AvgIpc) is 2.56. The van der Waals surface area contributed by atoms with Crippen molar-refractivity contribution >= 4 is 12.0 Å². The molecule has 2 unspecified atom stereocenters. The Balaban J connectivity index is 2.55. The second-order valence-electron chi connectivity index (χ2n) is 4.58. The molecule has 0 spiro atoms. The highest BCUT2D eigenvalue weighted by Gasteiger charge is 2.19. The van der Waals surface area contributed by atoms with Crippen LogP contribution in [0.25, 0.3) is 0 Å². The molecule has 0 aliphatic carbocycles. The zero-order valence-electron chi connectivity index (χ0n) is 11.5. The molecule has 19 heavy (non-hydrogen) atoms. The number of rotatable bonds is 5. The van der Waals surface area contributed by atoms with Crippen LogP contribution in [0.3, 0.4) is 0 Å². The van der Waals surface area contributed by atoms with E-state index in [1.807, 2.05) is 6.92 Å². The molecule has 7 heteroatoms. The third-order valence-corrected chi connectivity index (χ3v) is 2.73. The lowest BCUT2D eigenvalue weighted by molar-refractivity contribution is -0.137. The van der Waals surface area contributed by atoms with Crippen molar-refractivity contribution in [3.8, 4) is 0 Å². The minimum atomic E-state index is -0.952. The Morgan fingerprint density at radius 1 is 1.32 bits per heavy atom. The van der Waals surface area contributed by atoms with E-state index in [2.05, 4.69) is 15.8 Å². The van der Waals surface area contributed by atoms with E-state index >= 15 is 0 Å². The van der Waals surface area contributed by atoms with E-state index in [4.69, 9.17) is 9.63 Å². The molecule has 0 saturated heterocycles. The van der Waals surface area contributed by atoms with Crippen LogP contribution in [0.4, 0.5) is 4.79 Å². The molecule has 1 rings (SSSR count). The molecule has 0 fully saturated rings. The molecule has 3 N–H and O–H groups in total. The van der Waals surface area contributed by atoms with Crippen molar-refractivity contribution in [2.24, 2.45) is 0 Å². The minimum Gasteiger partial charge on any atom is -0.481 e. The maximum atomic E-state index is 11.7. The quantitative estimate of drug-likeness (QED) is 0.751. The van der Waals surface area contributed by atoms with Crippen LogP contribution in [-0.2, 0) is 4.79 Å².